The largest absolute Gasteiger partial charge is 0.492 e. The second kappa shape index (κ2) is 9.66. The Labute approximate surface area is 170 Å². The van der Waals surface area contributed by atoms with Crippen LogP contribution in [0.1, 0.15) is 13.8 Å². The van der Waals surface area contributed by atoms with Gasteiger partial charge in [-0.15, -0.1) is 0 Å². The Morgan fingerprint density at radius 3 is 2.54 bits per heavy atom. The van der Waals surface area contributed by atoms with Crippen LogP contribution in [0.3, 0.4) is 0 Å². The zero-order chi connectivity index (χ0) is 19.9. The van der Waals surface area contributed by atoms with E-state index < -0.39 is 0 Å². The van der Waals surface area contributed by atoms with E-state index in [-0.39, 0.29) is 18.2 Å². The average molecular weight is 404 g/mol. The number of carbonyl (C=O) groups is 1. The molecular weight excluding hydrogens is 378 g/mol. The monoisotopic (exact) mass is 403 g/mol. The van der Waals surface area contributed by atoms with Gasteiger partial charge in [0.25, 0.3) is 0 Å². The molecule has 3 rings (SSSR count). The number of hydrogen-bond acceptors (Lipinski definition) is 4. The molecule has 0 bridgehead atoms. The Balaban J connectivity index is 1.50. The number of urea groups is 1. The second-order valence-electron chi connectivity index (χ2n) is 6.86. The van der Waals surface area contributed by atoms with E-state index in [1.54, 1.807) is 24.3 Å². The van der Waals surface area contributed by atoms with Crippen molar-refractivity contribution in [2.45, 2.75) is 26.1 Å². The first kappa shape index (κ1) is 20.3. The molecule has 0 saturated carbocycles. The smallest absolute Gasteiger partial charge is 0.319 e. The highest BCUT2D eigenvalue weighted by Gasteiger charge is 2.24. The molecule has 0 radical (unpaired) electrons. The first-order valence-electron chi connectivity index (χ1n) is 9.44. The van der Waals surface area contributed by atoms with Crippen molar-refractivity contribution < 1.29 is 14.3 Å². The fourth-order valence-electron chi connectivity index (χ4n) is 3.26. The normalized spacial score (nSPS) is 19.2. The maximum atomic E-state index is 12.3. The number of ether oxygens (including phenoxy) is 2. The highest BCUT2D eigenvalue weighted by Crippen LogP contribution is 2.28. The predicted octanol–water partition coefficient (Wildman–Crippen LogP) is 4.15. The van der Waals surface area contributed by atoms with E-state index >= 15 is 0 Å². The SMILES string of the molecule is CC1CN(c2ccccc2NC(=O)NCCOc2ccc(Cl)cc2)CC(C)O1. The van der Waals surface area contributed by atoms with Gasteiger partial charge in [-0.05, 0) is 50.2 Å². The standard InChI is InChI=1S/C21H26ClN3O3/c1-15-13-25(14-16(2)28-15)20-6-4-3-5-19(20)24-21(26)23-11-12-27-18-9-7-17(22)8-10-18/h3-10,15-16H,11-14H2,1-2H3,(H2,23,24,26). The van der Waals surface area contributed by atoms with Crippen molar-refractivity contribution in [3.05, 3.63) is 53.6 Å². The minimum absolute atomic E-state index is 0.149. The van der Waals surface area contributed by atoms with E-state index in [9.17, 15) is 4.79 Å². The molecule has 7 heteroatoms. The lowest BCUT2D eigenvalue weighted by molar-refractivity contribution is -0.00517. The molecule has 2 aromatic rings. The van der Waals surface area contributed by atoms with Crippen molar-refractivity contribution in [3.63, 3.8) is 0 Å². The molecule has 2 atom stereocenters. The van der Waals surface area contributed by atoms with E-state index in [0.29, 0.717) is 23.9 Å². The van der Waals surface area contributed by atoms with Crippen molar-refractivity contribution in [2.75, 3.05) is 36.5 Å². The molecule has 1 aliphatic heterocycles. The summed E-state index contributed by atoms with van der Waals surface area (Å²) in [6.07, 6.45) is 0.297. The summed E-state index contributed by atoms with van der Waals surface area (Å²) < 4.78 is 11.4. The van der Waals surface area contributed by atoms with Gasteiger partial charge in [0.1, 0.15) is 12.4 Å². The van der Waals surface area contributed by atoms with Crippen LogP contribution in [0, 0.1) is 0 Å². The van der Waals surface area contributed by atoms with Crippen LogP contribution in [0.2, 0.25) is 5.02 Å². The summed E-state index contributed by atoms with van der Waals surface area (Å²) in [7, 11) is 0. The van der Waals surface area contributed by atoms with Gasteiger partial charge in [-0.1, -0.05) is 23.7 Å². The lowest BCUT2D eigenvalue weighted by Gasteiger charge is -2.37. The third kappa shape index (κ3) is 5.78. The van der Waals surface area contributed by atoms with E-state index in [0.717, 1.165) is 24.5 Å². The molecule has 1 saturated heterocycles. The third-order valence-electron chi connectivity index (χ3n) is 4.38. The zero-order valence-electron chi connectivity index (χ0n) is 16.2. The summed E-state index contributed by atoms with van der Waals surface area (Å²) in [5.41, 5.74) is 1.77. The van der Waals surface area contributed by atoms with Crippen molar-refractivity contribution in [1.82, 2.24) is 5.32 Å². The van der Waals surface area contributed by atoms with Crippen LogP contribution in [0.4, 0.5) is 16.2 Å². The summed E-state index contributed by atoms with van der Waals surface area (Å²) in [5, 5.41) is 6.41. The lowest BCUT2D eigenvalue weighted by Crippen LogP contribution is -2.45. The summed E-state index contributed by atoms with van der Waals surface area (Å²) in [4.78, 5) is 14.5. The minimum atomic E-state index is -0.262. The van der Waals surface area contributed by atoms with Gasteiger partial charge < -0.3 is 25.0 Å². The number of halogens is 1. The van der Waals surface area contributed by atoms with Gasteiger partial charge in [0, 0.05) is 18.1 Å². The molecule has 0 spiro atoms. The molecule has 0 aliphatic carbocycles. The van der Waals surface area contributed by atoms with E-state index in [4.69, 9.17) is 21.1 Å². The van der Waals surface area contributed by atoms with Gasteiger partial charge >= 0.3 is 6.03 Å². The maximum absolute atomic E-state index is 12.3. The van der Waals surface area contributed by atoms with Gasteiger partial charge in [-0.2, -0.15) is 0 Å². The number of hydrogen-bond donors (Lipinski definition) is 2. The molecule has 2 aromatic carbocycles. The van der Waals surface area contributed by atoms with E-state index in [1.165, 1.54) is 0 Å². The number of benzene rings is 2. The Morgan fingerprint density at radius 1 is 1.14 bits per heavy atom. The summed E-state index contributed by atoms with van der Waals surface area (Å²) >= 11 is 5.85. The first-order chi connectivity index (χ1) is 13.5. The Kier molecular flexibility index (Phi) is 7.01. The molecule has 1 aliphatic rings. The van der Waals surface area contributed by atoms with Crippen LogP contribution in [0.25, 0.3) is 0 Å². The molecule has 1 heterocycles. The summed E-state index contributed by atoms with van der Waals surface area (Å²) in [6.45, 7) is 6.47. The molecule has 2 amide bonds. The highest BCUT2D eigenvalue weighted by atomic mass is 35.5. The Hall–Kier alpha value is -2.44. The number of amides is 2. The minimum Gasteiger partial charge on any atom is -0.492 e. The van der Waals surface area contributed by atoms with Crippen LogP contribution in [-0.2, 0) is 4.74 Å². The van der Waals surface area contributed by atoms with Gasteiger partial charge in [-0.3, -0.25) is 0 Å². The van der Waals surface area contributed by atoms with Crippen molar-refractivity contribution >= 4 is 29.0 Å². The maximum Gasteiger partial charge on any atom is 0.319 e. The lowest BCUT2D eigenvalue weighted by atomic mass is 10.1. The third-order valence-corrected chi connectivity index (χ3v) is 4.63. The molecule has 1 fully saturated rings. The van der Waals surface area contributed by atoms with Crippen molar-refractivity contribution in [1.29, 1.82) is 0 Å². The number of nitrogens with one attached hydrogen (secondary N) is 2. The fourth-order valence-corrected chi connectivity index (χ4v) is 3.39. The van der Waals surface area contributed by atoms with Gasteiger partial charge in [0.05, 0.1) is 30.1 Å². The molecule has 6 nitrogen and oxygen atoms in total. The van der Waals surface area contributed by atoms with Gasteiger partial charge in [-0.25, -0.2) is 4.79 Å². The Morgan fingerprint density at radius 2 is 1.82 bits per heavy atom. The molecular formula is C21H26ClN3O3. The molecule has 28 heavy (non-hydrogen) atoms. The number of anilines is 2. The average Bonchev–Trinajstić information content (AvgIpc) is 2.66. The van der Waals surface area contributed by atoms with Crippen LogP contribution in [-0.4, -0.2) is 44.5 Å². The molecule has 150 valence electrons. The highest BCUT2D eigenvalue weighted by molar-refractivity contribution is 6.30. The number of carbonyl (C=O) groups excluding carboxylic acids is 1. The first-order valence-corrected chi connectivity index (χ1v) is 9.81. The van der Waals surface area contributed by atoms with Crippen molar-refractivity contribution in [3.8, 4) is 5.75 Å². The van der Waals surface area contributed by atoms with Crippen molar-refractivity contribution in [2.24, 2.45) is 0 Å². The van der Waals surface area contributed by atoms with Crippen LogP contribution >= 0.6 is 11.6 Å². The molecule has 0 aromatic heterocycles. The number of nitrogens with zero attached hydrogens (tertiary/aromatic N) is 1. The summed E-state index contributed by atoms with van der Waals surface area (Å²) in [5.74, 6) is 0.715. The summed E-state index contributed by atoms with van der Waals surface area (Å²) in [6, 6.07) is 14.7. The quantitative estimate of drug-likeness (QED) is 0.711. The number of morpholine rings is 1. The van der Waals surface area contributed by atoms with E-state index in [2.05, 4.69) is 29.4 Å². The van der Waals surface area contributed by atoms with Crippen LogP contribution in [0.15, 0.2) is 48.5 Å². The van der Waals surface area contributed by atoms with Crippen LogP contribution < -0.4 is 20.3 Å². The van der Waals surface area contributed by atoms with Crippen LogP contribution in [0.5, 0.6) is 5.75 Å². The van der Waals surface area contributed by atoms with Gasteiger partial charge in [0.2, 0.25) is 0 Å². The molecule has 2 N–H and O–H groups in total. The number of rotatable bonds is 6. The zero-order valence-corrected chi connectivity index (χ0v) is 16.9. The molecule has 2 unspecified atom stereocenters. The Bertz CT molecular complexity index is 775. The van der Waals surface area contributed by atoms with E-state index in [1.807, 2.05) is 24.3 Å². The second-order valence-corrected chi connectivity index (χ2v) is 7.30. The predicted molar refractivity (Wildman–Crippen MR) is 113 cm³/mol. The van der Waals surface area contributed by atoms with Gasteiger partial charge in [0.15, 0.2) is 0 Å². The fraction of sp³-hybridized carbons (Fsp3) is 0.381. The topological polar surface area (TPSA) is 62.8 Å². The number of para-hydroxylation sites is 2.